The van der Waals surface area contributed by atoms with Crippen molar-refractivity contribution < 1.29 is 9.57 Å². The van der Waals surface area contributed by atoms with Crippen molar-refractivity contribution in [2.75, 3.05) is 7.11 Å². The van der Waals surface area contributed by atoms with E-state index in [4.69, 9.17) is 4.84 Å². The highest BCUT2D eigenvalue weighted by atomic mass is 16.6. The van der Waals surface area contributed by atoms with Crippen LogP contribution >= 0.6 is 0 Å². The van der Waals surface area contributed by atoms with Gasteiger partial charge in [-0.15, -0.1) is 0 Å². The van der Waals surface area contributed by atoms with E-state index in [1.54, 1.807) is 11.8 Å². The predicted octanol–water partition coefficient (Wildman–Crippen LogP) is 1.49. The van der Waals surface area contributed by atoms with Crippen LogP contribution in [0.15, 0.2) is 36.7 Å². The number of fused-ring (bicyclic) bond motifs is 1. The number of aromatic nitrogens is 1. The smallest absolute Gasteiger partial charge is 0.230 e. The van der Waals surface area contributed by atoms with E-state index in [-0.39, 0.29) is 0 Å². The molecule has 0 amide bonds. The minimum Gasteiger partial charge on any atom is -0.275 e. The summed E-state index contributed by atoms with van der Waals surface area (Å²) in [4.78, 5) is 5.07. The predicted molar refractivity (Wildman–Crippen MR) is 51.4 cm³/mol. The van der Waals surface area contributed by atoms with Gasteiger partial charge >= 0.3 is 0 Å². The van der Waals surface area contributed by atoms with Gasteiger partial charge in [0.15, 0.2) is 0 Å². The minimum absolute atomic E-state index is 1.19. The maximum atomic E-state index is 5.07. The van der Waals surface area contributed by atoms with Gasteiger partial charge in [-0.25, -0.2) is 0 Å². The van der Waals surface area contributed by atoms with Crippen LogP contribution in [-0.4, -0.2) is 7.11 Å². The Morgan fingerprint density at radius 1 is 1.15 bits per heavy atom. The van der Waals surface area contributed by atoms with E-state index in [1.165, 1.54) is 16.3 Å². The number of hydrogen-bond acceptors (Lipinski definition) is 1. The summed E-state index contributed by atoms with van der Waals surface area (Å²) in [5.74, 6) is 0. The Kier molecular flexibility index (Phi) is 1.89. The molecule has 0 spiro atoms. The molecule has 2 rings (SSSR count). The first kappa shape index (κ1) is 8.05. The van der Waals surface area contributed by atoms with Crippen LogP contribution in [0.3, 0.4) is 0 Å². The van der Waals surface area contributed by atoms with Crippen LogP contribution in [0.5, 0.6) is 0 Å². The molecule has 2 nitrogen and oxygen atoms in total. The van der Waals surface area contributed by atoms with Crippen LogP contribution < -0.4 is 9.57 Å². The van der Waals surface area contributed by atoms with Gasteiger partial charge in [-0.2, -0.15) is 0 Å². The van der Waals surface area contributed by atoms with Gasteiger partial charge in [0.05, 0.1) is 5.39 Å². The summed E-state index contributed by atoms with van der Waals surface area (Å²) in [6, 6.07) is 8.41. The van der Waals surface area contributed by atoms with E-state index < -0.39 is 0 Å². The normalized spacial score (nSPS) is 10.3. The average molecular weight is 174 g/mol. The second-order valence-corrected chi connectivity index (χ2v) is 3.12. The Morgan fingerprint density at radius 3 is 2.77 bits per heavy atom. The molecule has 0 fully saturated rings. The summed E-state index contributed by atoms with van der Waals surface area (Å²) < 4.78 is 1.69. The van der Waals surface area contributed by atoms with Crippen LogP contribution in [0.4, 0.5) is 0 Å². The Balaban J connectivity index is 2.66. The van der Waals surface area contributed by atoms with Crippen molar-refractivity contribution in [2.45, 2.75) is 6.92 Å². The van der Waals surface area contributed by atoms with E-state index in [9.17, 15) is 0 Å². The molecule has 2 heteroatoms. The molecule has 0 radical (unpaired) electrons. The Bertz CT molecular complexity index is 437. The standard InChI is InChI=1S/C11H12NO/c1-9-3-4-11-8-12(13-2)6-5-10(11)7-9/h3-8H,1-2H3/q+1. The van der Waals surface area contributed by atoms with Gasteiger partial charge in [-0.1, -0.05) is 17.7 Å². The molecule has 0 aliphatic carbocycles. The first-order valence-electron chi connectivity index (χ1n) is 4.26. The van der Waals surface area contributed by atoms with Crippen molar-refractivity contribution in [3.8, 4) is 0 Å². The zero-order valence-electron chi connectivity index (χ0n) is 7.82. The van der Waals surface area contributed by atoms with Gasteiger partial charge in [0.1, 0.15) is 7.11 Å². The van der Waals surface area contributed by atoms with Crippen LogP contribution in [-0.2, 0) is 0 Å². The molecule has 0 saturated carbocycles. The highest BCUT2D eigenvalue weighted by Gasteiger charge is 2.01. The van der Waals surface area contributed by atoms with Crippen LogP contribution in [0.1, 0.15) is 5.56 Å². The number of rotatable bonds is 1. The molecule has 1 aromatic carbocycles. The van der Waals surface area contributed by atoms with Gasteiger partial charge in [0.2, 0.25) is 12.4 Å². The Morgan fingerprint density at radius 2 is 2.00 bits per heavy atom. The lowest BCUT2D eigenvalue weighted by atomic mass is 10.1. The van der Waals surface area contributed by atoms with Gasteiger partial charge in [-0.3, -0.25) is 4.84 Å². The maximum absolute atomic E-state index is 5.07. The van der Waals surface area contributed by atoms with Crippen molar-refractivity contribution in [2.24, 2.45) is 0 Å². The van der Waals surface area contributed by atoms with Gasteiger partial charge < -0.3 is 0 Å². The number of nitrogens with zero attached hydrogens (tertiary/aromatic N) is 1. The topological polar surface area (TPSA) is 13.1 Å². The van der Waals surface area contributed by atoms with E-state index in [0.717, 1.165) is 0 Å². The van der Waals surface area contributed by atoms with Gasteiger partial charge in [0.25, 0.3) is 0 Å². The Hall–Kier alpha value is -1.57. The zero-order valence-corrected chi connectivity index (χ0v) is 7.82. The molecule has 0 N–H and O–H groups in total. The summed E-state index contributed by atoms with van der Waals surface area (Å²) in [5, 5.41) is 2.43. The molecule has 2 aromatic rings. The Labute approximate surface area is 77.3 Å². The fourth-order valence-electron chi connectivity index (χ4n) is 1.40. The van der Waals surface area contributed by atoms with Crippen LogP contribution in [0, 0.1) is 6.92 Å². The third-order valence-electron chi connectivity index (χ3n) is 2.12. The molecule has 13 heavy (non-hydrogen) atoms. The molecule has 0 saturated heterocycles. The first-order valence-corrected chi connectivity index (χ1v) is 4.26. The van der Waals surface area contributed by atoms with Crippen molar-refractivity contribution in [3.05, 3.63) is 42.2 Å². The molecular weight excluding hydrogens is 162 g/mol. The molecular formula is C11H12NO+. The lowest BCUT2D eigenvalue weighted by Gasteiger charge is -1.97. The monoisotopic (exact) mass is 174 g/mol. The SMILES string of the molecule is CO[n+]1ccc2cc(C)ccc2c1. The largest absolute Gasteiger partial charge is 0.275 e. The third-order valence-corrected chi connectivity index (χ3v) is 2.12. The van der Waals surface area contributed by atoms with E-state index in [1.807, 2.05) is 18.5 Å². The number of aryl methyl sites for hydroxylation is 1. The summed E-state index contributed by atoms with van der Waals surface area (Å²) in [6.07, 6.45) is 3.87. The van der Waals surface area contributed by atoms with Crippen LogP contribution in [0.25, 0.3) is 10.8 Å². The van der Waals surface area contributed by atoms with Crippen molar-refractivity contribution >= 4 is 10.8 Å². The highest BCUT2D eigenvalue weighted by Crippen LogP contribution is 2.12. The van der Waals surface area contributed by atoms with Crippen molar-refractivity contribution in [1.82, 2.24) is 0 Å². The quantitative estimate of drug-likeness (QED) is 0.597. The van der Waals surface area contributed by atoms with Gasteiger partial charge in [-0.05, 0) is 18.4 Å². The molecule has 66 valence electrons. The van der Waals surface area contributed by atoms with E-state index in [2.05, 4.69) is 25.1 Å². The minimum atomic E-state index is 1.19. The highest BCUT2D eigenvalue weighted by molar-refractivity contribution is 5.81. The van der Waals surface area contributed by atoms with E-state index in [0.29, 0.717) is 0 Å². The molecule has 1 heterocycles. The number of hydrogen-bond donors (Lipinski definition) is 0. The fraction of sp³-hybridized carbons (Fsp3) is 0.182. The fourth-order valence-corrected chi connectivity index (χ4v) is 1.40. The summed E-state index contributed by atoms with van der Waals surface area (Å²) >= 11 is 0. The van der Waals surface area contributed by atoms with Crippen molar-refractivity contribution in [1.29, 1.82) is 0 Å². The van der Waals surface area contributed by atoms with Crippen LogP contribution in [0.2, 0.25) is 0 Å². The number of pyridine rings is 1. The first-order chi connectivity index (χ1) is 6.29. The lowest BCUT2D eigenvalue weighted by molar-refractivity contribution is -0.884. The molecule has 0 aliphatic heterocycles. The second-order valence-electron chi connectivity index (χ2n) is 3.12. The summed E-state index contributed by atoms with van der Waals surface area (Å²) in [6.45, 7) is 2.09. The summed E-state index contributed by atoms with van der Waals surface area (Å²) in [7, 11) is 1.65. The second kappa shape index (κ2) is 3.05. The third kappa shape index (κ3) is 1.47. The van der Waals surface area contributed by atoms with Gasteiger partial charge in [0, 0.05) is 10.8 Å². The van der Waals surface area contributed by atoms with E-state index >= 15 is 0 Å². The van der Waals surface area contributed by atoms with Crippen molar-refractivity contribution in [3.63, 3.8) is 0 Å². The lowest BCUT2D eigenvalue weighted by Crippen LogP contribution is -2.39. The molecule has 1 aromatic heterocycles. The molecule has 0 aliphatic rings. The maximum Gasteiger partial charge on any atom is 0.230 e. The zero-order chi connectivity index (χ0) is 9.26. The number of benzene rings is 1. The molecule has 0 unspecified atom stereocenters. The molecule has 0 bridgehead atoms. The molecule has 0 atom stereocenters. The average Bonchev–Trinajstić information content (AvgIpc) is 2.17. The summed E-state index contributed by atoms with van der Waals surface area (Å²) in [5.41, 5.74) is 1.28.